The lowest BCUT2D eigenvalue weighted by atomic mass is 10.1. The Morgan fingerprint density at radius 1 is 1.42 bits per heavy atom. The Hall–Kier alpha value is -1.49. The molecular formula is C14H17F2NO2. The van der Waals surface area contributed by atoms with Crippen LogP contribution < -0.4 is 4.90 Å². The van der Waals surface area contributed by atoms with Gasteiger partial charge < -0.3 is 9.64 Å². The topological polar surface area (TPSA) is 29.5 Å². The number of anilines is 1. The van der Waals surface area contributed by atoms with Gasteiger partial charge in [0.05, 0.1) is 6.10 Å². The summed E-state index contributed by atoms with van der Waals surface area (Å²) in [5.74, 6) is -1.41. The first-order valence-corrected chi connectivity index (χ1v) is 6.46. The smallest absolute Gasteiger partial charge is 0.150 e. The minimum Gasteiger partial charge on any atom is -0.376 e. The van der Waals surface area contributed by atoms with E-state index in [0.717, 1.165) is 25.0 Å². The molecule has 19 heavy (non-hydrogen) atoms. The number of nitrogens with zero attached hydrogens (tertiary/aromatic N) is 1. The molecule has 1 heterocycles. The fraction of sp³-hybridized carbons (Fsp3) is 0.500. The molecule has 1 aliphatic heterocycles. The van der Waals surface area contributed by atoms with Crippen molar-refractivity contribution in [3.63, 3.8) is 0 Å². The van der Waals surface area contributed by atoms with E-state index in [0.29, 0.717) is 26.0 Å². The van der Waals surface area contributed by atoms with Crippen molar-refractivity contribution in [3.8, 4) is 0 Å². The van der Waals surface area contributed by atoms with Crippen LogP contribution in [-0.2, 0) is 4.74 Å². The van der Waals surface area contributed by atoms with Gasteiger partial charge in [-0.2, -0.15) is 0 Å². The second-order valence-corrected chi connectivity index (χ2v) is 4.62. The second-order valence-electron chi connectivity index (χ2n) is 4.62. The van der Waals surface area contributed by atoms with E-state index in [9.17, 15) is 13.6 Å². The van der Waals surface area contributed by atoms with E-state index < -0.39 is 11.6 Å². The van der Waals surface area contributed by atoms with Crippen molar-refractivity contribution in [1.82, 2.24) is 0 Å². The zero-order chi connectivity index (χ0) is 13.8. The van der Waals surface area contributed by atoms with Crippen LogP contribution in [0, 0.1) is 11.6 Å². The van der Waals surface area contributed by atoms with Crippen LogP contribution >= 0.6 is 0 Å². The van der Waals surface area contributed by atoms with Gasteiger partial charge in [-0.1, -0.05) is 0 Å². The standard InChI is InChI=1S/C14H17F2NO2/c1-2-17(8-11-4-3-5-19-11)14-12(15)6-10(9-18)7-13(14)16/h6-7,9,11H,2-5,8H2,1H3. The largest absolute Gasteiger partial charge is 0.376 e. The van der Waals surface area contributed by atoms with Crippen molar-refractivity contribution in [1.29, 1.82) is 0 Å². The summed E-state index contributed by atoms with van der Waals surface area (Å²) in [6.45, 7) is 3.48. The average molecular weight is 269 g/mol. The molecular weight excluding hydrogens is 252 g/mol. The monoisotopic (exact) mass is 269 g/mol. The molecule has 0 bridgehead atoms. The Balaban J connectivity index is 2.24. The summed E-state index contributed by atoms with van der Waals surface area (Å²) in [6.07, 6.45) is 2.35. The van der Waals surface area contributed by atoms with Gasteiger partial charge in [-0.15, -0.1) is 0 Å². The molecule has 0 saturated carbocycles. The van der Waals surface area contributed by atoms with E-state index in [4.69, 9.17) is 4.74 Å². The van der Waals surface area contributed by atoms with Crippen molar-refractivity contribution in [2.24, 2.45) is 0 Å². The zero-order valence-corrected chi connectivity index (χ0v) is 10.9. The normalized spacial score (nSPS) is 18.6. The number of hydrogen-bond acceptors (Lipinski definition) is 3. The van der Waals surface area contributed by atoms with E-state index in [1.54, 1.807) is 4.90 Å². The van der Waals surface area contributed by atoms with Gasteiger partial charge in [-0.3, -0.25) is 4.79 Å². The maximum atomic E-state index is 13.9. The first-order valence-electron chi connectivity index (χ1n) is 6.46. The third-order valence-corrected chi connectivity index (χ3v) is 3.32. The van der Waals surface area contributed by atoms with Crippen molar-refractivity contribution in [2.75, 3.05) is 24.6 Å². The number of carbonyl (C=O) groups excluding carboxylic acids is 1. The molecule has 0 spiro atoms. The average Bonchev–Trinajstić information content (AvgIpc) is 2.89. The van der Waals surface area contributed by atoms with Gasteiger partial charge in [0.1, 0.15) is 23.6 Å². The van der Waals surface area contributed by atoms with E-state index >= 15 is 0 Å². The van der Waals surface area contributed by atoms with E-state index in [1.165, 1.54) is 0 Å². The molecule has 2 rings (SSSR count). The molecule has 1 fully saturated rings. The maximum Gasteiger partial charge on any atom is 0.150 e. The fourth-order valence-corrected chi connectivity index (χ4v) is 2.37. The van der Waals surface area contributed by atoms with E-state index in [1.807, 2.05) is 6.92 Å². The molecule has 0 N–H and O–H groups in total. The lowest BCUT2D eigenvalue weighted by molar-refractivity contribution is 0.112. The van der Waals surface area contributed by atoms with E-state index in [-0.39, 0.29) is 17.4 Å². The first-order chi connectivity index (χ1) is 9.15. The predicted octanol–water partition coefficient (Wildman–Crippen LogP) is 2.78. The Kier molecular flexibility index (Phi) is 4.47. The van der Waals surface area contributed by atoms with Crippen LogP contribution in [-0.4, -0.2) is 32.1 Å². The molecule has 1 unspecified atom stereocenters. The van der Waals surface area contributed by atoms with Crippen LogP contribution in [0.4, 0.5) is 14.5 Å². The van der Waals surface area contributed by atoms with Gasteiger partial charge >= 0.3 is 0 Å². The summed E-state index contributed by atoms with van der Waals surface area (Å²) < 4.78 is 33.3. The number of hydrogen-bond donors (Lipinski definition) is 0. The number of rotatable bonds is 5. The minimum absolute atomic E-state index is 0.00641. The van der Waals surface area contributed by atoms with Crippen LogP contribution in [0.15, 0.2) is 12.1 Å². The van der Waals surface area contributed by atoms with Crippen LogP contribution in [0.25, 0.3) is 0 Å². The van der Waals surface area contributed by atoms with E-state index in [2.05, 4.69) is 0 Å². The quantitative estimate of drug-likeness (QED) is 0.770. The van der Waals surface area contributed by atoms with Gasteiger partial charge in [0.25, 0.3) is 0 Å². The molecule has 1 saturated heterocycles. The molecule has 1 aromatic rings. The summed E-state index contributed by atoms with van der Waals surface area (Å²) in [7, 11) is 0. The number of carbonyl (C=O) groups is 1. The molecule has 104 valence electrons. The predicted molar refractivity (Wildman–Crippen MR) is 68.6 cm³/mol. The fourth-order valence-electron chi connectivity index (χ4n) is 2.37. The van der Waals surface area contributed by atoms with Crippen molar-refractivity contribution >= 4 is 12.0 Å². The number of likely N-dealkylation sites (N-methyl/N-ethyl adjacent to an activating group) is 1. The summed E-state index contributed by atoms with van der Waals surface area (Å²) >= 11 is 0. The van der Waals surface area contributed by atoms with Crippen molar-refractivity contribution in [3.05, 3.63) is 29.3 Å². The molecule has 1 atom stereocenters. The molecule has 0 radical (unpaired) electrons. The zero-order valence-electron chi connectivity index (χ0n) is 10.9. The molecule has 0 amide bonds. The third-order valence-electron chi connectivity index (χ3n) is 3.32. The minimum atomic E-state index is -0.707. The lowest BCUT2D eigenvalue weighted by Crippen LogP contribution is -2.33. The SMILES string of the molecule is CCN(CC1CCCO1)c1c(F)cc(C=O)cc1F. The highest BCUT2D eigenvalue weighted by Gasteiger charge is 2.23. The summed E-state index contributed by atoms with van der Waals surface area (Å²) in [5, 5.41) is 0. The summed E-state index contributed by atoms with van der Waals surface area (Å²) in [4.78, 5) is 12.2. The van der Waals surface area contributed by atoms with Gasteiger partial charge in [0, 0.05) is 25.3 Å². The molecule has 0 aromatic heterocycles. The summed E-state index contributed by atoms with van der Waals surface area (Å²) in [6, 6.07) is 2.12. The number of aldehydes is 1. The van der Waals surface area contributed by atoms with Crippen LogP contribution in [0.1, 0.15) is 30.1 Å². The number of ether oxygens (including phenoxy) is 1. The number of halogens is 2. The van der Waals surface area contributed by atoms with Gasteiger partial charge in [0.2, 0.25) is 0 Å². The lowest BCUT2D eigenvalue weighted by Gasteiger charge is -2.26. The van der Waals surface area contributed by atoms with Gasteiger partial charge in [-0.25, -0.2) is 8.78 Å². The Labute approximate surface area is 111 Å². The van der Waals surface area contributed by atoms with Crippen LogP contribution in [0.2, 0.25) is 0 Å². The van der Waals surface area contributed by atoms with Crippen molar-refractivity contribution in [2.45, 2.75) is 25.9 Å². The highest BCUT2D eigenvalue weighted by molar-refractivity contribution is 5.76. The Morgan fingerprint density at radius 2 is 2.11 bits per heavy atom. The van der Waals surface area contributed by atoms with Crippen molar-refractivity contribution < 1.29 is 18.3 Å². The second kappa shape index (κ2) is 6.10. The summed E-state index contributed by atoms with van der Waals surface area (Å²) in [5.41, 5.74) is -0.0736. The molecule has 0 aliphatic carbocycles. The first kappa shape index (κ1) is 13.9. The highest BCUT2D eigenvalue weighted by atomic mass is 19.1. The molecule has 5 heteroatoms. The van der Waals surface area contributed by atoms with Gasteiger partial charge in [-0.05, 0) is 31.9 Å². The van der Waals surface area contributed by atoms with Gasteiger partial charge in [0.15, 0.2) is 0 Å². The molecule has 1 aliphatic rings. The highest BCUT2D eigenvalue weighted by Crippen LogP contribution is 2.26. The van der Waals surface area contributed by atoms with Crippen LogP contribution in [0.3, 0.4) is 0 Å². The maximum absolute atomic E-state index is 13.9. The Morgan fingerprint density at radius 3 is 2.58 bits per heavy atom. The Bertz CT molecular complexity index is 436. The number of benzene rings is 1. The molecule has 3 nitrogen and oxygen atoms in total. The van der Waals surface area contributed by atoms with Crippen LogP contribution in [0.5, 0.6) is 0 Å². The third kappa shape index (κ3) is 3.10. The molecule has 1 aromatic carbocycles.